The Labute approximate surface area is 135 Å². The van der Waals surface area contributed by atoms with Crippen LogP contribution in [0.4, 0.5) is 5.69 Å². The van der Waals surface area contributed by atoms with Gasteiger partial charge in [0, 0.05) is 12.7 Å². The first kappa shape index (κ1) is 14.9. The van der Waals surface area contributed by atoms with Crippen molar-refractivity contribution in [3.8, 4) is 11.5 Å². The monoisotopic (exact) mass is 303 g/mol. The molecule has 0 atom stereocenters. The maximum Gasteiger partial charge on any atom is 0.261 e. The smallest absolute Gasteiger partial charge is 0.261 e. The van der Waals surface area contributed by atoms with Crippen molar-refractivity contribution in [1.29, 1.82) is 0 Å². The number of para-hydroxylation sites is 3. The van der Waals surface area contributed by atoms with Crippen molar-refractivity contribution in [2.24, 2.45) is 0 Å². The molecule has 114 valence electrons. The van der Waals surface area contributed by atoms with Gasteiger partial charge in [0.25, 0.3) is 5.91 Å². The summed E-state index contributed by atoms with van der Waals surface area (Å²) in [6.45, 7) is 0. The molecule has 0 bridgehead atoms. The zero-order valence-corrected chi connectivity index (χ0v) is 12.8. The number of hydrogen-bond donors (Lipinski definition) is 0. The van der Waals surface area contributed by atoms with Crippen molar-refractivity contribution in [3.05, 3.63) is 90.5 Å². The number of benzene rings is 3. The fraction of sp³-hybridized carbons (Fsp3) is 0.0500. The zero-order chi connectivity index (χ0) is 16.1. The number of hydrogen-bond acceptors (Lipinski definition) is 2. The minimum atomic E-state index is -0.109. The topological polar surface area (TPSA) is 29.5 Å². The first-order valence-electron chi connectivity index (χ1n) is 7.41. The molecule has 0 saturated carbocycles. The van der Waals surface area contributed by atoms with Gasteiger partial charge in [0.2, 0.25) is 0 Å². The number of carbonyl (C=O) groups excluding carboxylic acids is 1. The molecule has 0 aliphatic rings. The fourth-order valence-corrected chi connectivity index (χ4v) is 2.30. The van der Waals surface area contributed by atoms with Gasteiger partial charge in [0.05, 0.1) is 5.56 Å². The minimum absolute atomic E-state index is 0.109. The highest BCUT2D eigenvalue weighted by Gasteiger charge is 2.18. The maximum atomic E-state index is 12.8. The van der Waals surface area contributed by atoms with Gasteiger partial charge in [-0.05, 0) is 36.4 Å². The van der Waals surface area contributed by atoms with Crippen LogP contribution in [0, 0.1) is 0 Å². The molecule has 0 heterocycles. The molecule has 0 unspecified atom stereocenters. The van der Waals surface area contributed by atoms with Gasteiger partial charge in [-0.1, -0.05) is 48.5 Å². The van der Waals surface area contributed by atoms with Crippen LogP contribution in [-0.2, 0) is 0 Å². The molecule has 0 aliphatic carbocycles. The Morgan fingerprint density at radius 3 is 2.04 bits per heavy atom. The van der Waals surface area contributed by atoms with E-state index in [0.29, 0.717) is 17.1 Å². The van der Waals surface area contributed by atoms with Crippen LogP contribution in [-0.4, -0.2) is 13.0 Å². The molecule has 0 aromatic heterocycles. The van der Waals surface area contributed by atoms with E-state index < -0.39 is 0 Å². The normalized spacial score (nSPS) is 10.1. The van der Waals surface area contributed by atoms with Gasteiger partial charge in [-0.25, -0.2) is 0 Å². The van der Waals surface area contributed by atoms with Gasteiger partial charge in [-0.2, -0.15) is 0 Å². The number of ether oxygens (including phenoxy) is 1. The van der Waals surface area contributed by atoms with E-state index in [9.17, 15) is 4.79 Å². The Morgan fingerprint density at radius 1 is 0.783 bits per heavy atom. The zero-order valence-electron chi connectivity index (χ0n) is 12.8. The Bertz CT molecular complexity index is 785. The molecule has 3 rings (SSSR count). The molecular weight excluding hydrogens is 286 g/mol. The lowest BCUT2D eigenvalue weighted by Gasteiger charge is -2.19. The van der Waals surface area contributed by atoms with E-state index in [2.05, 4.69) is 0 Å². The number of amides is 1. The van der Waals surface area contributed by atoms with Crippen LogP contribution in [0.1, 0.15) is 10.4 Å². The molecule has 0 saturated heterocycles. The third-order valence-electron chi connectivity index (χ3n) is 3.54. The maximum absolute atomic E-state index is 12.8. The quantitative estimate of drug-likeness (QED) is 0.695. The summed E-state index contributed by atoms with van der Waals surface area (Å²) in [7, 11) is 1.76. The Hall–Kier alpha value is -3.07. The lowest BCUT2D eigenvalue weighted by Crippen LogP contribution is -2.26. The Kier molecular flexibility index (Phi) is 4.39. The highest BCUT2D eigenvalue weighted by molar-refractivity contribution is 6.07. The summed E-state index contributed by atoms with van der Waals surface area (Å²) in [5.74, 6) is 1.14. The second-order valence-electron chi connectivity index (χ2n) is 5.11. The lowest BCUT2D eigenvalue weighted by molar-refractivity contribution is 0.0991. The van der Waals surface area contributed by atoms with Crippen LogP contribution in [0.3, 0.4) is 0 Å². The average Bonchev–Trinajstić information content (AvgIpc) is 2.62. The predicted octanol–water partition coefficient (Wildman–Crippen LogP) is 4.76. The molecule has 0 spiro atoms. The second kappa shape index (κ2) is 6.79. The molecule has 1 amide bonds. The van der Waals surface area contributed by atoms with Gasteiger partial charge >= 0.3 is 0 Å². The van der Waals surface area contributed by atoms with Gasteiger partial charge in [0.1, 0.15) is 11.5 Å². The van der Waals surface area contributed by atoms with Crippen LogP contribution in [0.15, 0.2) is 84.9 Å². The van der Waals surface area contributed by atoms with Gasteiger partial charge in [0.15, 0.2) is 0 Å². The molecule has 0 radical (unpaired) electrons. The lowest BCUT2D eigenvalue weighted by atomic mass is 10.1. The summed E-state index contributed by atoms with van der Waals surface area (Å²) < 4.78 is 5.87. The third kappa shape index (κ3) is 3.40. The Balaban J connectivity index is 1.89. The SMILES string of the molecule is CN(C(=O)c1ccccc1Oc1ccccc1)c1ccccc1. The molecule has 0 aliphatic heterocycles. The van der Waals surface area contributed by atoms with Crippen LogP contribution < -0.4 is 9.64 Å². The first-order chi connectivity index (χ1) is 11.3. The van der Waals surface area contributed by atoms with E-state index in [0.717, 1.165) is 5.69 Å². The van der Waals surface area contributed by atoms with Crippen molar-refractivity contribution in [1.82, 2.24) is 0 Å². The highest BCUT2D eigenvalue weighted by Crippen LogP contribution is 2.27. The van der Waals surface area contributed by atoms with Crippen molar-refractivity contribution < 1.29 is 9.53 Å². The van der Waals surface area contributed by atoms with E-state index >= 15 is 0 Å². The minimum Gasteiger partial charge on any atom is -0.457 e. The average molecular weight is 303 g/mol. The summed E-state index contributed by atoms with van der Waals surface area (Å²) in [6, 6.07) is 26.3. The van der Waals surface area contributed by atoms with Crippen LogP contribution >= 0.6 is 0 Å². The molecule has 3 aromatic rings. The van der Waals surface area contributed by atoms with Crippen molar-refractivity contribution in [2.45, 2.75) is 0 Å². The molecular formula is C20H17NO2. The molecule has 3 heteroatoms. The summed E-state index contributed by atoms with van der Waals surface area (Å²) in [6.07, 6.45) is 0. The standard InChI is InChI=1S/C20H17NO2/c1-21(16-10-4-2-5-11-16)20(22)18-14-8-9-15-19(18)23-17-12-6-3-7-13-17/h2-15H,1H3. The van der Waals surface area contributed by atoms with E-state index in [-0.39, 0.29) is 5.91 Å². The number of carbonyl (C=O) groups is 1. The van der Waals surface area contributed by atoms with E-state index in [1.54, 1.807) is 24.1 Å². The molecule has 3 nitrogen and oxygen atoms in total. The Morgan fingerprint density at radius 2 is 1.35 bits per heavy atom. The van der Waals surface area contributed by atoms with Crippen LogP contribution in [0.2, 0.25) is 0 Å². The van der Waals surface area contributed by atoms with Gasteiger partial charge < -0.3 is 9.64 Å². The van der Waals surface area contributed by atoms with Crippen molar-refractivity contribution in [3.63, 3.8) is 0 Å². The second-order valence-corrected chi connectivity index (χ2v) is 5.11. The fourth-order valence-electron chi connectivity index (χ4n) is 2.30. The summed E-state index contributed by atoms with van der Waals surface area (Å²) in [5.41, 5.74) is 1.37. The third-order valence-corrected chi connectivity index (χ3v) is 3.54. The number of nitrogens with zero attached hydrogens (tertiary/aromatic N) is 1. The van der Waals surface area contributed by atoms with E-state index in [1.165, 1.54) is 0 Å². The molecule has 0 N–H and O–H groups in total. The first-order valence-corrected chi connectivity index (χ1v) is 7.41. The predicted molar refractivity (Wildman–Crippen MR) is 92.1 cm³/mol. The molecule has 3 aromatic carbocycles. The van der Waals surface area contributed by atoms with Gasteiger partial charge in [-0.3, -0.25) is 4.79 Å². The summed E-state index contributed by atoms with van der Waals surface area (Å²) >= 11 is 0. The van der Waals surface area contributed by atoms with E-state index in [4.69, 9.17) is 4.74 Å². The number of anilines is 1. The van der Waals surface area contributed by atoms with Gasteiger partial charge in [-0.15, -0.1) is 0 Å². The highest BCUT2D eigenvalue weighted by atomic mass is 16.5. The summed E-state index contributed by atoms with van der Waals surface area (Å²) in [4.78, 5) is 14.4. The molecule has 23 heavy (non-hydrogen) atoms. The van der Waals surface area contributed by atoms with Crippen molar-refractivity contribution >= 4 is 11.6 Å². The van der Waals surface area contributed by atoms with Crippen LogP contribution in [0.25, 0.3) is 0 Å². The largest absolute Gasteiger partial charge is 0.457 e. The van der Waals surface area contributed by atoms with E-state index in [1.807, 2.05) is 72.8 Å². The van der Waals surface area contributed by atoms with Crippen molar-refractivity contribution in [2.75, 3.05) is 11.9 Å². The number of rotatable bonds is 4. The molecule has 0 fully saturated rings. The summed E-state index contributed by atoms with van der Waals surface area (Å²) in [5, 5.41) is 0. The van der Waals surface area contributed by atoms with Crippen LogP contribution in [0.5, 0.6) is 11.5 Å².